The lowest BCUT2D eigenvalue weighted by Crippen LogP contribution is -2.54. The summed E-state index contributed by atoms with van der Waals surface area (Å²) in [6.07, 6.45) is 10.7. The number of carbonyl (C=O) groups is 1. The molecule has 7 atom stereocenters. The molecular weight excluding hydrogens is 310 g/mol. The fourth-order valence-electron chi connectivity index (χ4n) is 7.13. The molecule has 0 aliphatic heterocycles. The van der Waals surface area contributed by atoms with Crippen molar-refractivity contribution in [2.45, 2.75) is 59.3 Å². The Balaban J connectivity index is 1.79. The van der Waals surface area contributed by atoms with E-state index in [-0.39, 0.29) is 11.2 Å². The SMILES string of the molecule is C=C[C@@H]1CC2=CC(=O)C(=NO)C[C@]2(C)[C@H]2CC[C@]3(C)[C@H](C)CC[C@H]3[C@H]12. The number of hydrogen-bond acceptors (Lipinski definition) is 3. The topological polar surface area (TPSA) is 49.7 Å². The molecule has 0 radical (unpaired) electrons. The Hall–Kier alpha value is -1.38. The molecule has 3 fully saturated rings. The van der Waals surface area contributed by atoms with Crippen molar-refractivity contribution in [3.63, 3.8) is 0 Å². The summed E-state index contributed by atoms with van der Waals surface area (Å²) >= 11 is 0. The van der Waals surface area contributed by atoms with Gasteiger partial charge in [-0.2, -0.15) is 0 Å². The quantitative estimate of drug-likeness (QED) is 0.414. The van der Waals surface area contributed by atoms with Gasteiger partial charge in [-0.1, -0.05) is 37.6 Å². The Kier molecular flexibility index (Phi) is 3.79. The molecule has 4 rings (SSSR count). The van der Waals surface area contributed by atoms with Crippen LogP contribution in [0.2, 0.25) is 0 Å². The number of rotatable bonds is 1. The van der Waals surface area contributed by atoms with E-state index < -0.39 is 0 Å². The van der Waals surface area contributed by atoms with Gasteiger partial charge in [-0.05, 0) is 78.6 Å². The molecule has 3 heteroatoms. The summed E-state index contributed by atoms with van der Waals surface area (Å²) in [5.74, 6) is 3.14. The van der Waals surface area contributed by atoms with Gasteiger partial charge in [0.15, 0.2) is 0 Å². The van der Waals surface area contributed by atoms with Crippen molar-refractivity contribution in [3.8, 4) is 0 Å². The second kappa shape index (κ2) is 5.56. The Labute approximate surface area is 151 Å². The third-order valence-electron chi connectivity index (χ3n) is 8.86. The largest absolute Gasteiger partial charge is 0.411 e. The third-order valence-corrected chi connectivity index (χ3v) is 8.86. The highest BCUT2D eigenvalue weighted by molar-refractivity contribution is 6.44. The molecule has 3 nitrogen and oxygen atoms in total. The summed E-state index contributed by atoms with van der Waals surface area (Å²) in [7, 11) is 0. The predicted octanol–water partition coefficient (Wildman–Crippen LogP) is 5.01. The highest BCUT2D eigenvalue weighted by atomic mass is 16.4. The van der Waals surface area contributed by atoms with Gasteiger partial charge in [-0.3, -0.25) is 4.79 Å². The number of ketones is 1. The third kappa shape index (κ3) is 2.17. The first-order valence-electron chi connectivity index (χ1n) is 9.94. The van der Waals surface area contributed by atoms with Crippen molar-refractivity contribution >= 4 is 11.5 Å². The molecule has 0 aromatic rings. The molecule has 0 aromatic heterocycles. The van der Waals surface area contributed by atoms with Crippen molar-refractivity contribution in [1.29, 1.82) is 0 Å². The van der Waals surface area contributed by atoms with Crippen molar-refractivity contribution in [2.75, 3.05) is 0 Å². The average Bonchev–Trinajstić information content (AvgIpc) is 2.90. The average molecular weight is 341 g/mol. The summed E-state index contributed by atoms with van der Waals surface area (Å²) in [6, 6.07) is 0. The molecule has 0 saturated heterocycles. The van der Waals surface area contributed by atoms with Crippen LogP contribution in [0.25, 0.3) is 0 Å². The molecule has 0 aromatic carbocycles. The lowest BCUT2D eigenvalue weighted by molar-refractivity contribution is -0.110. The van der Waals surface area contributed by atoms with Crippen LogP contribution in [0.1, 0.15) is 59.3 Å². The fourth-order valence-corrected chi connectivity index (χ4v) is 7.13. The predicted molar refractivity (Wildman–Crippen MR) is 99.5 cm³/mol. The fraction of sp³-hybridized carbons (Fsp3) is 0.727. The number of nitrogens with zero attached hydrogens (tertiary/aromatic N) is 1. The molecule has 0 heterocycles. The van der Waals surface area contributed by atoms with Crippen LogP contribution >= 0.6 is 0 Å². The number of hydrogen-bond donors (Lipinski definition) is 1. The molecular formula is C22H31NO2. The van der Waals surface area contributed by atoms with Crippen LogP contribution in [0, 0.1) is 40.4 Å². The second-order valence-corrected chi connectivity index (χ2v) is 9.59. The first-order chi connectivity index (χ1) is 11.8. The van der Waals surface area contributed by atoms with Crippen LogP contribution in [0.3, 0.4) is 0 Å². The van der Waals surface area contributed by atoms with E-state index in [0.29, 0.717) is 35.3 Å². The Bertz CT molecular complexity index is 678. The minimum Gasteiger partial charge on any atom is -0.411 e. The van der Waals surface area contributed by atoms with Crippen molar-refractivity contribution in [1.82, 2.24) is 0 Å². The van der Waals surface area contributed by atoms with Crippen LogP contribution in [-0.4, -0.2) is 16.7 Å². The highest BCUT2D eigenvalue weighted by Crippen LogP contribution is 2.67. The van der Waals surface area contributed by atoms with Crippen LogP contribution in [0.5, 0.6) is 0 Å². The summed E-state index contributed by atoms with van der Waals surface area (Å²) in [5.41, 5.74) is 2.03. The van der Waals surface area contributed by atoms with Crippen molar-refractivity contribution in [2.24, 2.45) is 45.6 Å². The zero-order valence-electron chi connectivity index (χ0n) is 15.8. The van der Waals surface area contributed by atoms with E-state index in [4.69, 9.17) is 0 Å². The summed E-state index contributed by atoms with van der Waals surface area (Å²) in [6.45, 7) is 11.4. The number of allylic oxidation sites excluding steroid dienone is 2. The minimum atomic E-state index is -0.105. The van der Waals surface area contributed by atoms with Gasteiger partial charge in [0.05, 0.1) is 0 Å². The molecule has 1 N–H and O–H groups in total. The Morgan fingerprint density at radius 2 is 2.04 bits per heavy atom. The maximum absolute atomic E-state index is 12.3. The standard InChI is InChI=1S/C22H31NO2/c1-5-14-10-15-11-19(24)18(23-25)12-22(15,4)17-8-9-21(3)13(2)6-7-16(21)20(14)17/h5,11,13-14,16-17,20,25H,1,6-10,12H2,2-4H3/t13-,14-,16+,17+,20+,21-,22+/m1/s1. The van der Waals surface area contributed by atoms with Crippen molar-refractivity contribution < 1.29 is 10.0 Å². The van der Waals surface area contributed by atoms with Gasteiger partial charge in [0, 0.05) is 6.42 Å². The van der Waals surface area contributed by atoms with Gasteiger partial charge in [-0.15, -0.1) is 6.58 Å². The molecule has 0 amide bonds. The van der Waals surface area contributed by atoms with Gasteiger partial charge < -0.3 is 5.21 Å². The second-order valence-electron chi connectivity index (χ2n) is 9.59. The van der Waals surface area contributed by atoms with Crippen LogP contribution in [0.15, 0.2) is 29.5 Å². The lowest BCUT2D eigenvalue weighted by Gasteiger charge is -2.60. The molecule has 0 bridgehead atoms. The zero-order chi connectivity index (χ0) is 18.0. The minimum absolute atomic E-state index is 0.0349. The lowest BCUT2D eigenvalue weighted by atomic mass is 9.44. The molecule has 136 valence electrons. The summed E-state index contributed by atoms with van der Waals surface area (Å²) in [5, 5.41) is 12.6. The first kappa shape index (κ1) is 17.1. The van der Waals surface area contributed by atoms with Crippen molar-refractivity contribution in [3.05, 3.63) is 24.3 Å². The van der Waals surface area contributed by atoms with E-state index in [2.05, 4.69) is 38.6 Å². The molecule has 0 spiro atoms. The Morgan fingerprint density at radius 1 is 1.28 bits per heavy atom. The van der Waals surface area contributed by atoms with E-state index >= 15 is 0 Å². The van der Waals surface area contributed by atoms with Gasteiger partial charge in [-0.25, -0.2) is 0 Å². The van der Waals surface area contributed by atoms with Crippen LogP contribution in [-0.2, 0) is 4.79 Å². The highest BCUT2D eigenvalue weighted by Gasteiger charge is 2.60. The van der Waals surface area contributed by atoms with E-state index in [0.717, 1.165) is 18.3 Å². The molecule has 0 unspecified atom stereocenters. The summed E-state index contributed by atoms with van der Waals surface area (Å²) < 4.78 is 0. The molecule has 4 aliphatic rings. The number of fused-ring (bicyclic) bond motifs is 5. The number of oxime groups is 1. The van der Waals surface area contributed by atoms with Crippen LogP contribution < -0.4 is 0 Å². The smallest absolute Gasteiger partial charge is 0.203 e. The maximum atomic E-state index is 12.3. The summed E-state index contributed by atoms with van der Waals surface area (Å²) in [4.78, 5) is 12.3. The maximum Gasteiger partial charge on any atom is 0.203 e. The monoisotopic (exact) mass is 341 g/mol. The first-order valence-corrected chi connectivity index (χ1v) is 9.94. The van der Waals surface area contributed by atoms with Gasteiger partial charge in [0.25, 0.3) is 0 Å². The number of carbonyl (C=O) groups excluding carboxylic acids is 1. The van der Waals surface area contributed by atoms with E-state index in [9.17, 15) is 10.0 Å². The van der Waals surface area contributed by atoms with Crippen LogP contribution in [0.4, 0.5) is 0 Å². The molecule has 3 saturated carbocycles. The zero-order valence-corrected chi connectivity index (χ0v) is 15.8. The molecule has 25 heavy (non-hydrogen) atoms. The van der Waals surface area contributed by atoms with Gasteiger partial charge in [0.2, 0.25) is 5.78 Å². The van der Waals surface area contributed by atoms with Gasteiger partial charge >= 0.3 is 0 Å². The van der Waals surface area contributed by atoms with Gasteiger partial charge in [0.1, 0.15) is 5.71 Å². The molecule has 4 aliphatic carbocycles. The Morgan fingerprint density at radius 3 is 2.72 bits per heavy atom. The normalized spacial score (nSPS) is 50.7. The van der Waals surface area contributed by atoms with E-state index in [1.807, 2.05) is 0 Å². The van der Waals surface area contributed by atoms with E-state index in [1.54, 1.807) is 6.08 Å². The van der Waals surface area contributed by atoms with E-state index in [1.165, 1.54) is 31.3 Å².